The van der Waals surface area contributed by atoms with E-state index in [0.717, 1.165) is 35.7 Å². The first-order valence-corrected chi connectivity index (χ1v) is 7.95. The average molecular weight is 327 g/mol. The molecule has 0 aliphatic carbocycles. The smallest absolute Gasteiger partial charge is 0.224 e. The third kappa shape index (κ3) is 3.38. The molecule has 1 N–H and O–H groups in total. The van der Waals surface area contributed by atoms with Gasteiger partial charge in [0.25, 0.3) is 0 Å². The van der Waals surface area contributed by atoms with Crippen LogP contribution in [0.2, 0.25) is 0 Å². The van der Waals surface area contributed by atoms with Gasteiger partial charge in [-0.25, -0.2) is 4.98 Å². The summed E-state index contributed by atoms with van der Waals surface area (Å²) in [6, 6.07) is 0.588. The van der Waals surface area contributed by atoms with Crippen LogP contribution in [0.5, 0.6) is 0 Å². The van der Waals surface area contributed by atoms with Gasteiger partial charge in [-0.3, -0.25) is 0 Å². The van der Waals surface area contributed by atoms with Crippen LogP contribution in [0.4, 0.5) is 11.8 Å². The van der Waals surface area contributed by atoms with E-state index < -0.39 is 0 Å². The molecule has 1 atom stereocenters. The van der Waals surface area contributed by atoms with E-state index in [0.29, 0.717) is 12.0 Å². The molecule has 2 rings (SSSR count). The summed E-state index contributed by atoms with van der Waals surface area (Å²) in [5.41, 5.74) is 0. The highest BCUT2D eigenvalue weighted by Gasteiger charge is 2.29. The maximum absolute atomic E-state index is 4.68. The number of hydrogen-bond donors (Lipinski definition) is 1. The van der Waals surface area contributed by atoms with Crippen LogP contribution in [0.25, 0.3) is 0 Å². The Kier molecular flexibility index (Phi) is 5.02. The molecule has 1 unspecified atom stereocenters. The summed E-state index contributed by atoms with van der Waals surface area (Å²) in [5, 5.41) is 3.26. The Labute approximate surface area is 124 Å². The first kappa shape index (κ1) is 14.6. The molecule has 0 saturated carbocycles. The Morgan fingerprint density at radius 3 is 3.00 bits per heavy atom. The standard InChI is InChI=1S/C14H23BrN4/c1-4-7-16-14-17-9-11(15)13(18-14)19-8-5-6-12(19)10(2)3/h9-10,12H,4-8H2,1-3H3,(H,16,17,18). The molecule has 0 bridgehead atoms. The summed E-state index contributed by atoms with van der Waals surface area (Å²) in [6.45, 7) is 8.71. The monoisotopic (exact) mass is 326 g/mol. The fourth-order valence-corrected chi connectivity index (χ4v) is 3.05. The van der Waals surface area contributed by atoms with Crippen molar-refractivity contribution in [1.29, 1.82) is 0 Å². The van der Waals surface area contributed by atoms with Crippen LogP contribution in [0.1, 0.15) is 40.0 Å². The molecule has 106 valence electrons. The topological polar surface area (TPSA) is 41.1 Å². The van der Waals surface area contributed by atoms with Crippen LogP contribution in [0.15, 0.2) is 10.7 Å². The van der Waals surface area contributed by atoms with Gasteiger partial charge in [0.15, 0.2) is 0 Å². The number of aromatic nitrogens is 2. The normalized spacial score (nSPS) is 19.2. The predicted octanol–water partition coefficient (Wildman–Crippen LogP) is 3.69. The number of anilines is 2. The minimum atomic E-state index is 0.588. The van der Waals surface area contributed by atoms with Gasteiger partial charge in [0.1, 0.15) is 5.82 Å². The summed E-state index contributed by atoms with van der Waals surface area (Å²) in [4.78, 5) is 11.4. The maximum Gasteiger partial charge on any atom is 0.224 e. The molecule has 2 heterocycles. The maximum atomic E-state index is 4.68. The summed E-state index contributed by atoms with van der Waals surface area (Å²) >= 11 is 3.59. The first-order valence-electron chi connectivity index (χ1n) is 7.16. The van der Waals surface area contributed by atoms with Crippen molar-refractivity contribution < 1.29 is 0 Å². The van der Waals surface area contributed by atoms with Crippen LogP contribution in [0, 0.1) is 5.92 Å². The second-order valence-electron chi connectivity index (χ2n) is 5.44. The van der Waals surface area contributed by atoms with Gasteiger partial charge in [-0.1, -0.05) is 20.8 Å². The minimum absolute atomic E-state index is 0.588. The lowest BCUT2D eigenvalue weighted by Crippen LogP contribution is -2.34. The molecule has 0 spiro atoms. The number of hydrogen-bond acceptors (Lipinski definition) is 4. The molecule has 4 nitrogen and oxygen atoms in total. The quantitative estimate of drug-likeness (QED) is 0.896. The van der Waals surface area contributed by atoms with Crippen molar-refractivity contribution in [2.75, 3.05) is 23.3 Å². The summed E-state index contributed by atoms with van der Waals surface area (Å²) in [7, 11) is 0. The number of nitrogens with zero attached hydrogens (tertiary/aromatic N) is 3. The van der Waals surface area contributed by atoms with Gasteiger partial charge in [0.05, 0.1) is 4.47 Å². The Bertz CT molecular complexity index is 422. The van der Waals surface area contributed by atoms with Crippen LogP contribution < -0.4 is 10.2 Å². The summed E-state index contributed by atoms with van der Waals surface area (Å²) in [6.07, 6.45) is 5.44. The molecule has 1 aliphatic rings. The van der Waals surface area contributed by atoms with E-state index in [4.69, 9.17) is 0 Å². The SMILES string of the molecule is CCCNc1ncc(Br)c(N2CCCC2C(C)C)n1. The molecule has 0 aromatic carbocycles. The zero-order valence-electron chi connectivity index (χ0n) is 12.0. The Balaban J connectivity index is 2.22. The van der Waals surface area contributed by atoms with E-state index in [2.05, 4.69) is 56.9 Å². The van der Waals surface area contributed by atoms with Crippen molar-refractivity contribution in [3.63, 3.8) is 0 Å². The van der Waals surface area contributed by atoms with Gasteiger partial charge in [-0.15, -0.1) is 0 Å². The van der Waals surface area contributed by atoms with Gasteiger partial charge < -0.3 is 10.2 Å². The second-order valence-corrected chi connectivity index (χ2v) is 6.29. The van der Waals surface area contributed by atoms with Crippen molar-refractivity contribution in [2.45, 2.75) is 46.1 Å². The Morgan fingerprint density at radius 2 is 2.32 bits per heavy atom. The van der Waals surface area contributed by atoms with Crippen LogP contribution >= 0.6 is 15.9 Å². The van der Waals surface area contributed by atoms with Gasteiger partial charge >= 0.3 is 0 Å². The molecular formula is C14H23BrN4. The lowest BCUT2D eigenvalue weighted by Gasteiger charge is -2.29. The van der Waals surface area contributed by atoms with Crippen molar-refractivity contribution >= 4 is 27.7 Å². The zero-order valence-corrected chi connectivity index (χ0v) is 13.6. The van der Waals surface area contributed by atoms with Crippen LogP contribution in [0.3, 0.4) is 0 Å². The zero-order chi connectivity index (χ0) is 13.8. The number of halogens is 1. The number of rotatable bonds is 5. The van der Waals surface area contributed by atoms with Gasteiger partial charge in [0, 0.05) is 25.3 Å². The van der Waals surface area contributed by atoms with E-state index in [-0.39, 0.29) is 0 Å². The molecule has 1 aromatic rings. The largest absolute Gasteiger partial charge is 0.354 e. The van der Waals surface area contributed by atoms with E-state index >= 15 is 0 Å². The molecule has 1 aromatic heterocycles. The van der Waals surface area contributed by atoms with Gasteiger partial charge in [-0.2, -0.15) is 4.98 Å². The van der Waals surface area contributed by atoms with E-state index in [1.807, 2.05) is 6.20 Å². The third-order valence-electron chi connectivity index (χ3n) is 3.60. The molecule has 19 heavy (non-hydrogen) atoms. The highest BCUT2D eigenvalue weighted by Crippen LogP contribution is 2.33. The predicted molar refractivity (Wildman–Crippen MR) is 83.7 cm³/mol. The first-order chi connectivity index (χ1) is 9.13. The highest BCUT2D eigenvalue weighted by molar-refractivity contribution is 9.10. The van der Waals surface area contributed by atoms with E-state index in [9.17, 15) is 0 Å². The summed E-state index contributed by atoms with van der Waals surface area (Å²) < 4.78 is 0.988. The molecule has 1 aliphatic heterocycles. The fourth-order valence-electron chi connectivity index (χ4n) is 2.63. The molecule has 1 saturated heterocycles. The van der Waals surface area contributed by atoms with Crippen molar-refractivity contribution in [3.05, 3.63) is 10.7 Å². The second kappa shape index (κ2) is 6.55. The fraction of sp³-hybridized carbons (Fsp3) is 0.714. The average Bonchev–Trinajstić information content (AvgIpc) is 2.87. The Morgan fingerprint density at radius 1 is 1.53 bits per heavy atom. The van der Waals surface area contributed by atoms with Crippen LogP contribution in [-0.4, -0.2) is 29.1 Å². The lowest BCUT2D eigenvalue weighted by molar-refractivity contribution is 0.489. The third-order valence-corrected chi connectivity index (χ3v) is 4.16. The van der Waals surface area contributed by atoms with Crippen molar-refractivity contribution in [3.8, 4) is 0 Å². The molecular weight excluding hydrogens is 304 g/mol. The van der Waals surface area contributed by atoms with Crippen LogP contribution in [-0.2, 0) is 0 Å². The molecule has 0 radical (unpaired) electrons. The molecule has 1 fully saturated rings. The number of nitrogens with one attached hydrogen (secondary N) is 1. The van der Waals surface area contributed by atoms with Crippen molar-refractivity contribution in [1.82, 2.24) is 9.97 Å². The highest BCUT2D eigenvalue weighted by atomic mass is 79.9. The van der Waals surface area contributed by atoms with E-state index in [1.54, 1.807) is 0 Å². The molecule has 5 heteroatoms. The molecule has 0 amide bonds. The lowest BCUT2D eigenvalue weighted by atomic mass is 10.0. The van der Waals surface area contributed by atoms with Crippen molar-refractivity contribution in [2.24, 2.45) is 5.92 Å². The minimum Gasteiger partial charge on any atom is -0.354 e. The Hall–Kier alpha value is -0.840. The van der Waals surface area contributed by atoms with Gasteiger partial charge in [-0.05, 0) is 41.1 Å². The summed E-state index contributed by atoms with van der Waals surface area (Å²) in [5.74, 6) is 2.41. The van der Waals surface area contributed by atoms with E-state index in [1.165, 1.54) is 12.8 Å². The van der Waals surface area contributed by atoms with Gasteiger partial charge in [0.2, 0.25) is 5.95 Å².